The summed E-state index contributed by atoms with van der Waals surface area (Å²) in [5, 5.41) is 3.12. The molecule has 1 aromatic carbocycles. The fourth-order valence-electron chi connectivity index (χ4n) is 3.19. The van der Waals surface area contributed by atoms with Gasteiger partial charge in [0.25, 0.3) is 5.56 Å². The van der Waals surface area contributed by atoms with Crippen LogP contribution >= 0.6 is 11.8 Å². The summed E-state index contributed by atoms with van der Waals surface area (Å²) in [6, 6.07) is 6.42. The maximum absolute atomic E-state index is 13.0. The van der Waals surface area contributed by atoms with E-state index in [2.05, 4.69) is 4.98 Å². The maximum atomic E-state index is 13.0. The topological polar surface area (TPSA) is 107 Å². The van der Waals surface area contributed by atoms with Gasteiger partial charge in [-0.25, -0.2) is 9.78 Å². The Labute approximate surface area is 149 Å². The van der Waals surface area contributed by atoms with Crippen molar-refractivity contribution >= 4 is 34.6 Å². The van der Waals surface area contributed by atoms with Gasteiger partial charge in [0.1, 0.15) is 0 Å². The molecule has 3 rings (SSSR count). The van der Waals surface area contributed by atoms with E-state index in [0.717, 1.165) is 37.4 Å². The lowest BCUT2D eigenvalue weighted by molar-refractivity contribution is -0.117. The number of nitrogens with two attached hydrogens (primary N) is 1. The van der Waals surface area contributed by atoms with Crippen LogP contribution in [0.5, 0.6) is 0 Å². The van der Waals surface area contributed by atoms with Crippen LogP contribution in [0.15, 0.2) is 34.2 Å². The molecular formula is C17H20N4O3S. The molecule has 25 heavy (non-hydrogen) atoms. The van der Waals surface area contributed by atoms with Crippen LogP contribution in [0.1, 0.15) is 38.1 Å². The third-order valence-electron chi connectivity index (χ3n) is 4.31. The number of thioether (sulfide) groups is 1. The molecule has 7 nitrogen and oxygen atoms in total. The molecule has 0 saturated heterocycles. The number of primary amides is 1. The molecule has 0 bridgehead atoms. The number of imide groups is 1. The highest BCUT2D eigenvalue weighted by Crippen LogP contribution is 2.30. The lowest BCUT2D eigenvalue weighted by atomic mass is 9.95. The summed E-state index contributed by atoms with van der Waals surface area (Å²) in [4.78, 5) is 40.1. The minimum atomic E-state index is -0.887. The summed E-state index contributed by atoms with van der Waals surface area (Å²) >= 11 is 1.15. The van der Waals surface area contributed by atoms with E-state index < -0.39 is 11.9 Å². The third kappa shape index (κ3) is 4.01. The van der Waals surface area contributed by atoms with Crippen LogP contribution in [0.4, 0.5) is 4.79 Å². The van der Waals surface area contributed by atoms with E-state index in [4.69, 9.17) is 5.73 Å². The van der Waals surface area contributed by atoms with Crippen molar-refractivity contribution in [2.45, 2.75) is 43.3 Å². The van der Waals surface area contributed by atoms with E-state index in [1.807, 2.05) is 17.4 Å². The number of nitrogens with zero attached hydrogens (tertiary/aromatic N) is 2. The predicted octanol–water partition coefficient (Wildman–Crippen LogP) is 2.19. The molecule has 132 valence electrons. The van der Waals surface area contributed by atoms with Gasteiger partial charge in [-0.2, -0.15) is 0 Å². The smallest absolute Gasteiger partial charge is 0.318 e. The number of amides is 3. The van der Waals surface area contributed by atoms with Crippen LogP contribution in [-0.4, -0.2) is 27.2 Å². The Kier molecular flexibility index (Phi) is 5.37. The number of aromatic nitrogens is 2. The Balaban J connectivity index is 1.97. The summed E-state index contributed by atoms with van der Waals surface area (Å²) in [5.74, 6) is -0.532. The number of para-hydroxylation sites is 1. The van der Waals surface area contributed by atoms with Gasteiger partial charge in [0.05, 0.1) is 16.7 Å². The molecule has 0 unspecified atom stereocenters. The number of fused-ring (bicyclic) bond motifs is 1. The summed E-state index contributed by atoms with van der Waals surface area (Å²) in [6.07, 6.45) is 5.20. The van der Waals surface area contributed by atoms with Crippen molar-refractivity contribution < 1.29 is 9.59 Å². The van der Waals surface area contributed by atoms with Crippen LogP contribution in [0.2, 0.25) is 0 Å². The number of benzene rings is 1. The summed E-state index contributed by atoms with van der Waals surface area (Å²) in [6.45, 7) is 0. The SMILES string of the molecule is NC(=O)NC(=O)CSc1nc2ccccc2c(=O)n1C1CCCCC1. The Morgan fingerprint density at radius 1 is 1.24 bits per heavy atom. The highest BCUT2D eigenvalue weighted by Gasteiger charge is 2.22. The molecule has 8 heteroatoms. The van der Waals surface area contributed by atoms with Gasteiger partial charge in [0.2, 0.25) is 5.91 Å². The van der Waals surface area contributed by atoms with Gasteiger partial charge in [0, 0.05) is 6.04 Å². The van der Waals surface area contributed by atoms with Crippen LogP contribution in [0, 0.1) is 0 Å². The van der Waals surface area contributed by atoms with Gasteiger partial charge in [-0.15, -0.1) is 0 Å². The van der Waals surface area contributed by atoms with Crippen molar-refractivity contribution in [2.75, 3.05) is 5.75 Å². The Hall–Kier alpha value is -2.35. The lowest BCUT2D eigenvalue weighted by Gasteiger charge is -2.26. The highest BCUT2D eigenvalue weighted by molar-refractivity contribution is 7.99. The van der Waals surface area contributed by atoms with E-state index in [1.54, 1.807) is 16.7 Å². The molecular weight excluding hydrogens is 340 g/mol. The molecule has 1 aliphatic carbocycles. The molecule has 0 atom stereocenters. The van der Waals surface area contributed by atoms with Crippen molar-refractivity contribution in [2.24, 2.45) is 5.73 Å². The average molecular weight is 360 g/mol. The van der Waals surface area contributed by atoms with Crippen molar-refractivity contribution in [1.29, 1.82) is 0 Å². The van der Waals surface area contributed by atoms with E-state index >= 15 is 0 Å². The van der Waals surface area contributed by atoms with E-state index in [9.17, 15) is 14.4 Å². The molecule has 2 aromatic rings. The molecule has 0 radical (unpaired) electrons. The van der Waals surface area contributed by atoms with Gasteiger partial charge in [-0.1, -0.05) is 43.2 Å². The predicted molar refractivity (Wildman–Crippen MR) is 96.6 cm³/mol. The number of nitrogens with one attached hydrogen (secondary N) is 1. The minimum Gasteiger partial charge on any atom is -0.351 e. The molecule has 1 saturated carbocycles. The fourth-order valence-corrected chi connectivity index (χ4v) is 4.06. The molecule has 0 aliphatic heterocycles. The number of hydrogen-bond donors (Lipinski definition) is 2. The zero-order valence-electron chi connectivity index (χ0n) is 13.7. The first-order valence-electron chi connectivity index (χ1n) is 8.29. The highest BCUT2D eigenvalue weighted by atomic mass is 32.2. The van der Waals surface area contributed by atoms with Crippen molar-refractivity contribution in [3.8, 4) is 0 Å². The number of hydrogen-bond acceptors (Lipinski definition) is 5. The van der Waals surface area contributed by atoms with Crippen molar-refractivity contribution in [3.05, 3.63) is 34.6 Å². The maximum Gasteiger partial charge on any atom is 0.318 e. The van der Waals surface area contributed by atoms with Crippen molar-refractivity contribution in [1.82, 2.24) is 14.9 Å². The van der Waals surface area contributed by atoms with Gasteiger partial charge in [0.15, 0.2) is 5.16 Å². The summed E-state index contributed by atoms with van der Waals surface area (Å²) in [5.41, 5.74) is 5.49. The fraction of sp³-hybridized carbons (Fsp3) is 0.412. The quantitative estimate of drug-likeness (QED) is 0.642. The first kappa shape index (κ1) is 17.5. The molecule has 3 N–H and O–H groups in total. The number of rotatable bonds is 4. The molecule has 3 amide bonds. The number of carbonyl (C=O) groups excluding carboxylic acids is 2. The first-order valence-corrected chi connectivity index (χ1v) is 9.28. The lowest BCUT2D eigenvalue weighted by Crippen LogP contribution is -2.36. The second-order valence-corrected chi connectivity index (χ2v) is 7.02. The van der Waals surface area contributed by atoms with Crippen molar-refractivity contribution in [3.63, 3.8) is 0 Å². The number of urea groups is 1. The standard InChI is InChI=1S/C17H20N4O3S/c18-16(24)20-14(22)10-25-17-19-13-9-5-4-8-12(13)15(23)21(17)11-6-2-1-3-7-11/h4-5,8-9,11H,1-3,6-7,10H2,(H3,18,20,22,24). The Morgan fingerprint density at radius 2 is 1.96 bits per heavy atom. The summed E-state index contributed by atoms with van der Waals surface area (Å²) in [7, 11) is 0. The zero-order valence-corrected chi connectivity index (χ0v) is 14.6. The largest absolute Gasteiger partial charge is 0.351 e. The van der Waals surface area contributed by atoms with Gasteiger partial charge < -0.3 is 5.73 Å². The monoisotopic (exact) mass is 360 g/mol. The second-order valence-electron chi connectivity index (χ2n) is 6.08. The first-order chi connectivity index (χ1) is 12.1. The third-order valence-corrected chi connectivity index (χ3v) is 5.26. The minimum absolute atomic E-state index is 0.0273. The van der Waals surface area contributed by atoms with Crippen LogP contribution < -0.4 is 16.6 Å². The normalized spacial score (nSPS) is 15.2. The summed E-state index contributed by atoms with van der Waals surface area (Å²) < 4.78 is 1.73. The molecule has 1 heterocycles. The van der Waals surface area contributed by atoms with Gasteiger partial charge in [-0.05, 0) is 25.0 Å². The van der Waals surface area contributed by atoms with Crippen LogP contribution in [0.25, 0.3) is 10.9 Å². The Morgan fingerprint density at radius 3 is 2.68 bits per heavy atom. The van der Waals surface area contributed by atoms with Crippen LogP contribution in [0.3, 0.4) is 0 Å². The van der Waals surface area contributed by atoms with E-state index in [1.165, 1.54) is 6.42 Å². The molecule has 0 spiro atoms. The molecule has 1 aromatic heterocycles. The Bertz CT molecular complexity index is 859. The zero-order chi connectivity index (χ0) is 17.8. The average Bonchev–Trinajstić information content (AvgIpc) is 2.60. The second kappa shape index (κ2) is 7.69. The van der Waals surface area contributed by atoms with E-state index in [-0.39, 0.29) is 17.4 Å². The molecule has 1 aliphatic rings. The van der Waals surface area contributed by atoms with Gasteiger partial charge >= 0.3 is 6.03 Å². The van der Waals surface area contributed by atoms with E-state index in [0.29, 0.717) is 16.1 Å². The molecule has 1 fully saturated rings. The van der Waals surface area contributed by atoms with Crippen LogP contribution in [-0.2, 0) is 4.79 Å². The van der Waals surface area contributed by atoms with Gasteiger partial charge in [-0.3, -0.25) is 19.5 Å². The number of carbonyl (C=O) groups is 2.